The van der Waals surface area contributed by atoms with Gasteiger partial charge in [-0.1, -0.05) is 42.0 Å². The number of carboxylic acids is 1. The lowest BCUT2D eigenvalue weighted by Crippen LogP contribution is -2.29. The Labute approximate surface area is 142 Å². The van der Waals surface area contributed by atoms with Crippen LogP contribution < -0.4 is 0 Å². The van der Waals surface area contributed by atoms with E-state index in [1.54, 1.807) is 6.08 Å². The Balaban J connectivity index is 1.70. The van der Waals surface area contributed by atoms with Crippen molar-refractivity contribution in [2.75, 3.05) is 13.1 Å². The Bertz CT molecular complexity index is 689. The van der Waals surface area contributed by atoms with Gasteiger partial charge in [0.2, 0.25) is 5.91 Å². The van der Waals surface area contributed by atoms with Gasteiger partial charge in [-0.25, -0.2) is 4.79 Å². The molecule has 0 spiro atoms. The number of carboxylic acid groups (broad SMARTS) is 1. The first-order chi connectivity index (χ1) is 11.5. The molecule has 2 aliphatic rings. The minimum Gasteiger partial charge on any atom is -0.478 e. The molecule has 0 bridgehead atoms. The maximum absolute atomic E-state index is 12.6. The third-order valence-corrected chi connectivity index (χ3v) is 4.97. The van der Waals surface area contributed by atoms with Gasteiger partial charge in [-0.2, -0.15) is 0 Å². The number of likely N-dealkylation sites (tertiary alicyclic amines) is 1. The summed E-state index contributed by atoms with van der Waals surface area (Å²) in [5, 5.41) is 9.45. The first kappa shape index (κ1) is 16.5. The van der Waals surface area contributed by atoms with Crippen LogP contribution in [0.15, 0.2) is 42.0 Å². The van der Waals surface area contributed by atoms with Crippen LogP contribution in [0.1, 0.15) is 30.4 Å². The summed E-state index contributed by atoms with van der Waals surface area (Å²) < 4.78 is 0. The molecule has 1 fully saturated rings. The van der Waals surface area contributed by atoms with Crippen molar-refractivity contribution < 1.29 is 14.7 Å². The number of benzene rings is 1. The number of fused-ring (bicyclic) bond motifs is 1. The van der Waals surface area contributed by atoms with Crippen molar-refractivity contribution in [1.82, 2.24) is 4.90 Å². The number of allylic oxidation sites excluding steroid dienone is 2. The first-order valence-corrected chi connectivity index (χ1v) is 8.46. The minimum atomic E-state index is -1.02. The van der Waals surface area contributed by atoms with E-state index in [0.29, 0.717) is 11.8 Å². The van der Waals surface area contributed by atoms with Crippen LogP contribution in [0.4, 0.5) is 0 Å². The Hall–Kier alpha value is -2.36. The van der Waals surface area contributed by atoms with Crippen molar-refractivity contribution in [2.45, 2.75) is 26.2 Å². The van der Waals surface area contributed by atoms with Crippen molar-refractivity contribution >= 4 is 18.0 Å². The molecule has 3 rings (SSSR count). The minimum absolute atomic E-state index is 0.0455. The molecular weight excluding hydrogens is 302 g/mol. The highest BCUT2D eigenvalue weighted by atomic mass is 16.4. The van der Waals surface area contributed by atoms with Crippen LogP contribution in [0.25, 0.3) is 6.08 Å². The second-order valence-electron chi connectivity index (χ2n) is 6.83. The van der Waals surface area contributed by atoms with Crippen molar-refractivity contribution in [3.8, 4) is 0 Å². The number of amides is 1. The summed E-state index contributed by atoms with van der Waals surface area (Å²) in [7, 11) is 0. The molecule has 1 amide bonds. The summed E-state index contributed by atoms with van der Waals surface area (Å²) in [6.07, 6.45) is 8.00. The quantitative estimate of drug-likeness (QED) is 0.683. The standard InChI is InChI=1S/C20H23NO3/c1-14-5-4-6-15(9-14)10-18(20(23)24)11-19(22)21-12-16-7-2-3-8-17(16)13-21/h2-6,9-10,16-17H,7-8,11-13H2,1H3,(H,23,24)/b18-10-. The zero-order valence-electron chi connectivity index (χ0n) is 13.9. The van der Waals surface area contributed by atoms with Gasteiger partial charge in [0.15, 0.2) is 0 Å². The zero-order chi connectivity index (χ0) is 17.1. The molecule has 0 saturated carbocycles. The molecule has 2 unspecified atom stereocenters. The third-order valence-electron chi connectivity index (χ3n) is 4.97. The highest BCUT2D eigenvalue weighted by Gasteiger charge is 2.35. The summed E-state index contributed by atoms with van der Waals surface area (Å²) in [5.74, 6) is -0.0326. The molecule has 24 heavy (non-hydrogen) atoms. The highest BCUT2D eigenvalue weighted by Crippen LogP contribution is 2.33. The van der Waals surface area contributed by atoms with E-state index in [1.807, 2.05) is 36.1 Å². The van der Waals surface area contributed by atoms with Crippen LogP contribution in [0.2, 0.25) is 0 Å². The molecule has 1 aromatic rings. The van der Waals surface area contributed by atoms with Crippen LogP contribution in [0.5, 0.6) is 0 Å². The average Bonchev–Trinajstić information content (AvgIpc) is 2.98. The van der Waals surface area contributed by atoms with Crippen molar-refractivity contribution in [2.24, 2.45) is 11.8 Å². The molecule has 0 radical (unpaired) electrons. The first-order valence-electron chi connectivity index (χ1n) is 8.46. The molecule has 1 aromatic carbocycles. The van der Waals surface area contributed by atoms with Gasteiger partial charge in [-0.3, -0.25) is 4.79 Å². The summed E-state index contributed by atoms with van der Waals surface area (Å²) in [5.41, 5.74) is 2.04. The summed E-state index contributed by atoms with van der Waals surface area (Å²) in [4.78, 5) is 25.9. The molecular formula is C20H23NO3. The van der Waals surface area contributed by atoms with Crippen LogP contribution >= 0.6 is 0 Å². The zero-order valence-corrected chi connectivity index (χ0v) is 13.9. The lowest BCUT2D eigenvalue weighted by molar-refractivity contribution is -0.136. The van der Waals surface area contributed by atoms with Gasteiger partial charge in [-0.15, -0.1) is 0 Å². The Kier molecular flexibility index (Phi) is 4.84. The number of rotatable bonds is 4. The van der Waals surface area contributed by atoms with Crippen molar-refractivity contribution in [3.63, 3.8) is 0 Å². The molecule has 4 heteroatoms. The third kappa shape index (κ3) is 3.75. The molecule has 1 aliphatic heterocycles. The molecule has 4 nitrogen and oxygen atoms in total. The van der Waals surface area contributed by atoms with E-state index in [4.69, 9.17) is 0 Å². The highest BCUT2D eigenvalue weighted by molar-refractivity contribution is 5.98. The summed E-state index contributed by atoms with van der Waals surface area (Å²) >= 11 is 0. The Morgan fingerprint density at radius 3 is 2.46 bits per heavy atom. The van der Waals surface area contributed by atoms with E-state index >= 15 is 0 Å². The number of hydrogen-bond acceptors (Lipinski definition) is 2. The normalized spacial score (nSPS) is 23.2. The predicted molar refractivity (Wildman–Crippen MR) is 93.3 cm³/mol. The largest absolute Gasteiger partial charge is 0.478 e. The van der Waals surface area contributed by atoms with E-state index in [2.05, 4.69) is 12.2 Å². The van der Waals surface area contributed by atoms with Crippen LogP contribution in [0, 0.1) is 18.8 Å². The van der Waals surface area contributed by atoms with E-state index in [-0.39, 0.29) is 17.9 Å². The predicted octanol–water partition coefficient (Wildman–Crippen LogP) is 3.28. The lowest BCUT2D eigenvalue weighted by Gasteiger charge is -2.17. The van der Waals surface area contributed by atoms with E-state index in [0.717, 1.165) is 37.1 Å². The van der Waals surface area contributed by atoms with E-state index < -0.39 is 5.97 Å². The van der Waals surface area contributed by atoms with Gasteiger partial charge in [0.05, 0.1) is 6.42 Å². The van der Waals surface area contributed by atoms with Crippen LogP contribution in [0.3, 0.4) is 0 Å². The SMILES string of the molecule is Cc1cccc(/C=C(/CC(=O)N2CC3CC=CCC3C2)C(=O)O)c1. The van der Waals surface area contributed by atoms with Gasteiger partial charge < -0.3 is 10.0 Å². The Morgan fingerprint density at radius 2 is 1.88 bits per heavy atom. The van der Waals surface area contributed by atoms with Gasteiger partial charge in [-0.05, 0) is 43.2 Å². The van der Waals surface area contributed by atoms with Gasteiger partial charge in [0.25, 0.3) is 0 Å². The maximum atomic E-state index is 12.6. The van der Waals surface area contributed by atoms with Crippen LogP contribution in [-0.4, -0.2) is 35.0 Å². The number of carbonyl (C=O) groups is 2. The fourth-order valence-electron chi connectivity index (χ4n) is 3.64. The second-order valence-corrected chi connectivity index (χ2v) is 6.83. The van der Waals surface area contributed by atoms with Gasteiger partial charge in [0, 0.05) is 18.7 Å². The molecule has 1 N–H and O–H groups in total. The fourth-order valence-corrected chi connectivity index (χ4v) is 3.64. The monoisotopic (exact) mass is 325 g/mol. The van der Waals surface area contributed by atoms with E-state index in [1.165, 1.54) is 0 Å². The summed E-state index contributed by atoms with van der Waals surface area (Å²) in [6, 6.07) is 7.63. The van der Waals surface area contributed by atoms with Gasteiger partial charge >= 0.3 is 5.97 Å². The maximum Gasteiger partial charge on any atom is 0.332 e. The van der Waals surface area contributed by atoms with Gasteiger partial charge in [0.1, 0.15) is 0 Å². The fraction of sp³-hybridized carbons (Fsp3) is 0.400. The topological polar surface area (TPSA) is 57.6 Å². The number of nitrogens with zero attached hydrogens (tertiary/aromatic N) is 1. The molecule has 0 aromatic heterocycles. The molecule has 126 valence electrons. The average molecular weight is 325 g/mol. The lowest BCUT2D eigenvalue weighted by atomic mass is 9.86. The van der Waals surface area contributed by atoms with Crippen molar-refractivity contribution in [1.29, 1.82) is 0 Å². The van der Waals surface area contributed by atoms with E-state index in [9.17, 15) is 14.7 Å². The molecule has 1 heterocycles. The number of hydrogen-bond donors (Lipinski definition) is 1. The second kappa shape index (κ2) is 7.04. The number of aliphatic carboxylic acids is 1. The van der Waals surface area contributed by atoms with Crippen LogP contribution in [-0.2, 0) is 9.59 Å². The molecule has 2 atom stereocenters. The number of carbonyl (C=O) groups excluding carboxylic acids is 1. The summed E-state index contributed by atoms with van der Waals surface area (Å²) in [6.45, 7) is 3.47. The molecule has 1 aliphatic carbocycles. The number of aryl methyl sites for hydroxylation is 1. The van der Waals surface area contributed by atoms with Crippen molar-refractivity contribution in [3.05, 3.63) is 53.1 Å². The molecule has 1 saturated heterocycles. The Morgan fingerprint density at radius 1 is 1.21 bits per heavy atom. The smallest absolute Gasteiger partial charge is 0.332 e.